The summed E-state index contributed by atoms with van der Waals surface area (Å²) in [4.78, 5) is 16.3. The molecule has 2 rings (SSSR count). The Bertz CT molecular complexity index is 852. The molecule has 1 aromatic heterocycles. The van der Waals surface area contributed by atoms with E-state index in [0.29, 0.717) is 0 Å². The minimum absolute atomic E-state index is 0.0929. The molecule has 1 aromatic carbocycles. The van der Waals surface area contributed by atoms with Crippen LogP contribution >= 0.6 is 0 Å². The molecule has 140 valence electrons. The highest BCUT2D eigenvalue weighted by atomic mass is 32.2. The first-order valence-electron chi connectivity index (χ1n) is 8.53. The van der Waals surface area contributed by atoms with E-state index < -0.39 is 10.0 Å². The predicted molar refractivity (Wildman–Crippen MR) is 103 cm³/mol. The molecule has 2 aromatic rings. The van der Waals surface area contributed by atoms with Crippen LogP contribution in [0.3, 0.4) is 0 Å². The Morgan fingerprint density at radius 3 is 2.50 bits per heavy atom. The molecule has 0 aliphatic carbocycles. The molecule has 0 saturated heterocycles. The second kappa shape index (κ2) is 8.91. The maximum Gasteiger partial charge on any atom is 0.225 e. The Morgan fingerprint density at radius 1 is 1.19 bits per heavy atom. The van der Waals surface area contributed by atoms with Crippen LogP contribution in [0.1, 0.15) is 30.0 Å². The lowest BCUT2D eigenvalue weighted by molar-refractivity contribution is -0.116. The number of hydrogen-bond donors (Lipinski definition) is 1. The molecule has 0 unspecified atom stereocenters. The summed E-state index contributed by atoms with van der Waals surface area (Å²) in [7, 11) is -3.42. The zero-order chi connectivity index (χ0) is 19.2. The predicted octanol–water partition coefficient (Wildman–Crippen LogP) is 2.74. The summed E-state index contributed by atoms with van der Waals surface area (Å²) < 4.78 is 25.4. The highest BCUT2D eigenvalue weighted by Gasteiger charge is 2.19. The Labute approximate surface area is 155 Å². The third kappa shape index (κ3) is 5.64. The van der Waals surface area contributed by atoms with Crippen molar-refractivity contribution >= 4 is 21.6 Å². The van der Waals surface area contributed by atoms with E-state index in [-0.39, 0.29) is 25.4 Å². The third-order valence-electron chi connectivity index (χ3n) is 4.17. The minimum Gasteiger partial charge on any atom is -0.326 e. The van der Waals surface area contributed by atoms with E-state index in [1.54, 1.807) is 24.5 Å². The molecular formula is C19H25N3O3S. The number of anilines is 1. The number of nitrogens with one attached hydrogen (secondary N) is 1. The number of carbonyl (C=O) groups is 1. The number of rotatable bonds is 8. The lowest BCUT2D eigenvalue weighted by Gasteiger charge is -2.20. The van der Waals surface area contributed by atoms with Crippen molar-refractivity contribution in [3.8, 4) is 0 Å². The van der Waals surface area contributed by atoms with E-state index in [2.05, 4.69) is 10.3 Å². The largest absolute Gasteiger partial charge is 0.326 e. The van der Waals surface area contributed by atoms with Crippen molar-refractivity contribution in [3.63, 3.8) is 0 Å². The highest BCUT2D eigenvalue weighted by Crippen LogP contribution is 2.21. The van der Waals surface area contributed by atoms with E-state index in [0.717, 1.165) is 35.1 Å². The summed E-state index contributed by atoms with van der Waals surface area (Å²) in [5, 5.41) is 2.93. The molecule has 7 heteroatoms. The third-order valence-corrected chi connectivity index (χ3v) is 5.42. The molecule has 0 saturated carbocycles. The van der Waals surface area contributed by atoms with Crippen molar-refractivity contribution in [2.75, 3.05) is 18.1 Å². The van der Waals surface area contributed by atoms with Crippen LogP contribution in [0.5, 0.6) is 0 Å². The SMILES string of the molecule is CCc1cccc(C)c1NC(=O)CCN(Cc1ccncc1)S(C)(=O)=O. The van der Waals surface area contributed by atoms with Crippen molar-refractivity contribution < 1.29 is 13.2 Å². The second-order valence-electron chi connectivity index (χ2n) is 6.21. The first-order chi connectivity index (χ1) is 12.3. The van der Waals surface area contributed by atoms with Gasteiger partial charge in [0.1, 0.15) is 0 Å². The standard InChI is InChI=1S/C19H25N3O3S/c1-4-17-7-5-6-15(2)19(17)21-18(23)10-13-22(26(3,24)25)14-16-8-11-20-12-9-16/h5-9,11-12H,4,10,13-14H2,1-3H3,(H,21,23). The maximum atomic E-state index is 12.4. The van der Waals surface area contributed by atoms with Crippen molar-refractivity contribution in [1.29, 1.82) is 0 Å². The maximum absolute atomic E-state index is 12.4. The van der Waals surface area contributed by atoms with Crippen molar-refractivity contribution in [2.24, 2.45) is 0 Å². The number of hydrogen-bond acceptors (Lipinski definition) is 4. The summed E-state index contributed by atoms with van der Waals surface area (Å²) in [6.45, 7) is 4.32. The topological polar surface area (TPSA) is 79.4 Å². The molecule has 0 bridgehead atoms. The quantitative estimate of drug-likeness (QED) is 0.769. The molecule has 1 heterocycles. The number of sulfonamides is 1. The zero-order valence-electron chi connectivity index (χ0n) is 15.4. The van der Waals surface area contributed by atoms with Crippen molar-refractivity contribution in [1.82, 2.24) is 9.29 Å². The number of para-hydroxylation sites is 1. The summed E-state index contributed by atoms with van der Waals surface area (Å²) in [6, 6.07) is 9.41. The summed E-state index contributed by atoms with van der Waals surface area (Å²) in [5.41, 5.74) is 3.71. The smallest absolute Gasteiger partial charge is 0.225 e. The molecule has 0 fully saturated rings. The average molecular weight is 375 g/mol. The minimum atomic E-state index is -3.42. The van der Waals surface area contributed by atoms with Gasteiger partial charge in [-0.3, -0.25) is 9.78 Å². The fourth-order valence-electron chi connectivity index (χ4n) is 2.68. The number of carbonyl (C=O) groups excluding carboxylic acids is 1. The van der Waals surface area contributed by atoms with E-state index in [9.17, 15) is 13.2 Å². The van der Waals surface area contributed by atoms with Crippen LogP contribution in [0.15, 0.2) is 42.7 Å². The highest BCUT2D eigenvalue weighted by molar-refractivity contribution is 7.88. The summed E-state index contributed by atoms with van der Waals surface area (Å²) in [5.74, 6) is -0.197. The van der Waals surface area contributed by atoms with E-state index in [1.165, 1.54) is 4.31 Å². The van der Waals surface area contributed by atoms with Gasteiger partial charge in [-0.1, -0.05) is 25.1 Å². The van der Waals surface area contributed by atoms with Crippen LogP contribution in [0, 0.1) is 6.92 Å². The van der Waals surface area contributed by atoms with Crippen molar-refractivity contribution in [2.45, 2.75) is 33.2 Å². The van der Waals surface area contributed by atoms with Gasteiger partial charge in [0.05, 0.1) is 6.26 Å². The average Bonchev–Trinajstić information content (AvgIpc) is 2.60. The Balaban J connectivity index is 2.04. The fourth-order valence-corrected chi connectivity index (χ4v) is 3.49. The van der Waals surface area contributed by atoms with Gasteiger partial charge in [0.2, 0.25) is 15.9 Å². The normalized spacial score (nSPS) is 11.5. The molecule has 0 atom stereocenters. The Hall–Kier alpha value is -2.25. The lowest BCUT2D eigenvalue weighted by atomic mass is 10.1. The van der Waals surface area contributed by atoms with Gasteiger partial charge < -0.3 is 5.32 Å². The van der Waals surface area contributed by atoms with Gasteiger partial charge in [-0.2, -0.15) is 4.31 Å². The second-order valence-corrected chi connectivity index (χ2v) is 8.20. The number of pyridine rings is 1. The molecule has 0 radical (unpaired) electrons. The zero-order valence-corrected chi connectivity index (χ0v) is 16.2. The molecule has 0 aliphatic rings. The molecule has 0 aliphatic heterocycles. The lowest BCUT2D eigenvalue weighted by Crippen LogP contribution is -2.32. The van der Waals surface area contributed by atoms with E-state index >= 15 is 0 Å². The van der Waals surface area contributed by atoms with Crippen LogP contribution in [0.25, 0.3) is 0 Å². The number of amides is 1. The van der Waals surface area contributed by atoms with Crippen molar-refractivity contribution in [3.05, 3.63) is 59.4 Å². The summed E-state index contributed by atoms with van der Waals surface area (Å²) >= 11 is 0. The Kier molecular flexibility index (Phi) is 6.88. The molecule has 6 nitrogen and oxygen atoms in total. The number of aryl methyl sites for hydroxylation is 2. The number of aromatic nitrogens is 1. The van der Waals surface area contributed by atoms with Crippen LogP contribution in [0.4, 0.5) is 5.69 Å². The van der Waals surface area contributed by atoms with Gasteiger partial charge >= 0.3 is 0 Å². The van der Waals surface area contributed by atoms with Gasteiger partial charge in [-0.05, 0) is 42.2 Å². The number of nitrogens with zero attached hydrogens (tertiary/aromatic N) is 2. The van der Waals surface area contributed by atoms with E-state index in [1.807, 2.05) is 32.0 Å². The van der Waals surface area contributed by atoms with Crippen LogP contribution in [-0.2, 0) is 27.8 Å². The van der Waals surface area contributed by atoms with Gasteiger partial charge in [-0.15, -0.1) is 0 Å². The first-order valence-corrected chi connectivity index (χ1v) is 10.4. The van der Waals surface area contributed by atoms with Crippen LogP contribution in [0.2, 0.25) is 0 Å². The first kappa shape index (κ1) is 20.1. The molecule has 26 heavy (non-hydrogen) atoms. The monoisotopic (exact) mass is 375 g/mol. The van der Waals surface area contributed by atoms with Gasteiger partial charge in [0.25, 0.3) is 0 Å². The van der Waals surface area contributed by atoms with E-state index in [4.69, 9.17) is 0 Å². The molecular weight excluding hydrogens is 350 g/mol. The van der Waals surface area contributed by atoms with Gasteiger partial charge in [-0.25, -0.2) is 8.42 Å². The van der Waals surface area contributed by atoms with Crippen LogP contribution < -0.4 is 5.32 Å². The van der Waals surface area contributed by atoms with Crippen LogP contribution in [-0.4, -0.2) is 36.4 Å². The Morgan fingerprint density at radius 2 is 1.88 bits per heavy atom. The number of benzene rings is 1. The van der Waals surface area contributed by atoms with Gasteiger partial charge in [0.15, 0.2) is 0 Å². The molecule has 1 N–H and O–H groups in total. The summed E-state index contributed by atoms with van der Waals surface area (Å²) in [6.07, 6.45) is 5.30. The fraction of sp³-hybridized carbons (Fsp3) is 0.368. The van der Waals surface area contributed by atoms with Gasteiger partial charge in [0, 0.05) is 37.6 Å². The molecule has 0 spiro atoms. The molecule has 1 amide bonds.